The Hall–Kier alpha value is -1.12. The summed E-state index contributed by atoms with van der Waals surface area (Å²) in [4.78, 5) is 0. The quantitative estimate of drug-likeness (QED) is 0.345. The van der Waals surface area contributed by atoms with Crippen LogP contribution in [0.1, 0.15) is 92.9 Å². The van der Waals surface area contributed by atoms with Gasteiger partial charge in [-0.1, -0.05) is 47.1 Å². The molecule has 0 bridgehead atoms. The van der Waals surface area contributed by atoms with Crippen molar-refractivity contribution in [1.29, 1.82) is 0 Å². The molecule has 2 unspecified atom stereocenters. The van der Waals surface area contributed by atoms with E-state index in [4.69, 9.17) is 9.47 Å². The molecule has 0 radical (unpaired) electrons. The molecule has 1 saturated heterocycles. The molecule has 154 valence electrons. The second-order valence-corrected chi connectivity index (χ2v) is 8.56. The number of ether oxygens (including phenoxy) is 2. The van der Waals surface area contributed by atoms with Crippen LogP contribution < -0.4 is 0 Å². The number of allylic oxidation sites excluding steroid dienone is 7. The maximum Gasteiger partial charge on any atom is 0.158 e. The van der Waals surface area contributed by atoms with Crippen molar-refractivity contribution in [3.8, 4) is 0 Å². The molecule has 0 aliphatic carbocycles. The Morgan fingerprint density at radius 2 is 1.70 bits per heavy atom. The van der Waals surface area contributed by atoms with Crippen LogP contribution in [0.15, 0.2) is 47.1 Å². The van der Waals surface area contributed by atoms with E-state index in [9.17, 15) is 0 Å². The van der Waals surface area contributed by atoms with Crippen molar-refractivity contribution in [1.82, 2.24) is 0 Å². The van der Waals surface area contributed by atoms with Crippen LogP contribution in [0.2, 0.25) is 0 Å². The van der Waals surface area contributed by atoms with Crippen molar-refractivity contribution in [3.63, 3.8) is 0 Å². The van der Waals surface area contributed by atoms with Crippen LogP contribution in [0.25, 0.3) is 0 Å². The summed E-state index contributed by atoms with van der Waals surface area (Å²) in [7, 11) is 0. The largest absolute Gasteiger partial charge is 0.353 e. The molecule has 0 N–H and O–H groups in total. The Balaban J connectivity index is 2.61. The molecular weight excluding hydrogens is 332 g/mol. The molecule has 0 aromatic heterocycles. The predicted octanol–water partition coefficient (Wildman–Crippen LogP) is 7.67. The molecule has 0 spiro atoms. The third-order valence-corrected chi connectivity index (χ3v) is 4.90. The van der Waals surface area contributed by atoms with Gasteiger partial charge in [-0.05, 0) is 92.9 Å². The van der Waals surface area contributed by atoms with Gasteiger partial charge < -0.3 is 9.47 Å². The van der Waals surface area contributed by atoms with Crippen LogP contribution >= 0.6 is 0 Å². The predicted molar refractivity (Wildman–Crippen MR) is 118 cm³/mol. The highest BCUT2D eigenvalue weighted by Crippen LogP contribution is 2.27. The van der Waals surface area contributed by atoms with Crippen LogP contribution in [0.3, 0.4) is 0 Å². The van der Waals surface area contributed by atoms with Crippen molar-refractivity contribution in [2.45, 2.75) is 105 Å². The fourth-order valence-electron chi connectivity index (χ4n) is 3.21. The van der Waals surface area contributed by atoms with E-state index >= 15 is 0 Å². The van der Waals surface area contributed by atoms with Gasteiger partial charge in [-0.25, -0.2) is 0 Å². The minimum atomic E-state index is -0.266. The number of rotatable bonds is 11. The number of hydrogen-bond donors (Lipinski definition) is 0. The van der Waals surface area contributed by atoms with E-state index in [1.54, 1.807) is 0 Å². The first-order chi connectivity index (χ1) is 12.8. The van der Waals surface area contributed by atoms with Gasteiger partial charge in [-0.15, -0.1) is 0 Å². The lowest BCUT2D eigenvalue weighted by Crippen LogP contribution is -2.35. The fraction of sp³-hybridized carbons (Fsp3) is 0.680. The summed E-state index contributed by atoms with van der Waals surface area (Å²) in [6, 6.07) is 0. The first-order valence-corrected chi connectivity index (χ1v) is 10.7. The summed E-state index contributed by atoms with van der Waals surface area (Å²) < 4.78 is 12.2. The third-order valence-electron chi connectivity index (χ3n) is 4.90. The summed E-state index contributed by atoms with van der Waals surface area (Å²) in [6.07, 6.45) is 20.0. The standard InChI is InChI=1S/C25H42O2/c1-21(2)13-11-16-23(5)15-7-9-18-25(6,19-12-14-22(3)4)27-24-17-8-10-20-26-24/h9,13-15,18,24H,7-8,10-12,16-17,19-20H2,1-6H3/b18-9+,23-15+. The minimum absolute atomic E-state index is 0.0542. The molecule has 27 heavy (non-hydrogen) atoms. The summed E-state index contributed by atoms with van der Waals surface area (Å²) >= 11 is 0. The second-order valence-electron chi connectivity index (χ2n) is 8.56. The molecule has 2 atom stereocenters. The van der Waals surface area contributed by atoms with Gasteiger partial charge in [-0.3, -0.25) is 0 Å². The molecule has 0 saturated carbocycles. The first kappa shape index (κ1) is 23.9. The smallest absolute Gasteiger partial charge is 0.158 e. The van der Waals surface area contributed by atoms with E-state index in [0.29, 0.717) is 0 Å². The molecule has 1 fully saturated rings. The average molecular weight is 375 g/mol. The molecule has 1 rings (SSSR count). The van der Waals surface area contributed by atoms with Crippen LogP contribution in [0.4, 0.5) is 0 Å². The Kier molecular flexibility index (Phi) is 11.6. The SMILES string of the molecule is CC(C)=CCC/C(C)=C/C/C=C/C(C)(CCC=C(C)C)OC1CCCCO1. The topological polar surface area (TPSA) is 18.5 Å². The molecule has 2 heteroatoms. The summed E-state index contributed by atoms with van der Waals surface area (Å²) in [6.45, 7) is 13.9. The Morgan fingerprint density at radius 1 is 1.00 bits per heavy atom. The molecule has 0 aromatic carbocycles. The van der Waals surface area contributed by atoms with E-state index in [0.717, 1.165) is 51.6 Å². The number of hydrogen-bond acceptors (Lipinski definition) is 2. The van der Waals surface area contributed by atoms with Crippen LogP contribution in [0.5, 0.6) is 0 Å². The molecule has 0 aromatic rings. The van der Waals surface area contributed by atoms with Gasteiger partial charge in [0, 0.05) is 6.61 Å². The maximum absolute atomic E-state index is 6.39. The van der Waals surface area contributed by atoms with Gasteiger partial charge in [0.05, 0.1) is 5.60 Å². The fourth-order valence-corrected chi connectivity index (χ4v) is 3.21. The Labute approximate surface area is 168 Å². The van der Waals surface area contributed by atoms with Crippen molar-refractivity contribution in [3.05, 3.63) is 47.1 Å². The van der Waals surface area contributed by atoms with Gasteiger partial charge in [-0.2, -0.15) is 0 Å². The highest BCUT2D eigenvalue weighted by atomic mass is 16.7. The third kappa shape index (κ3) is 12.0. The van der Waals surface area contributed by atoms with E-state index in [2.05, 4.69) is 71.9 Å². The Bertz CT molecular complexity index is 525. The Morgan fingerprint density at radius 3 is 2.33 bits per heavy atom. The lowest BCUT2D eigenvalue weighted by Gasteiger charge is -2.33. The molecule has 2 nitrogen and oxygen atoms in total. The maximum atomic E-state index is 6.39. The van der Waals surface area contributed by atoms with Gasteiger partial charge in [0.15, 0.2) is 6.29 Å². The van der Waals surface area contributed by atoms with E-state index in [1.807, 2.05) is 0 Å². The van der Waals surface area contributed by atoms with E-state index in [1.165, 1.54) is 23.1 Å². The summed E-state index contributed by atoms with van der Waals surface area (Å²) in [5.74, 6) is 0. The van der Waals surface area contributed by atoms with Gasteiger partial charge >= 0.3 is 0 Å². The van der Waals surface area contributed by atoms with Crippen LogP contribution in [-0.2, 0) is 9.47 Å². The molecular formula is C25H42O2. The summed E-state index contributed by atoms with van der Waals surface area (Å²) in [5, 5.41) is 0. The first-order valence-electron chi connectivity index (χ1n) is 10.7. The molecule has 0 amide bonds. The van der Waals surface area contributed by atoms with E-state index < -0.39 is 0 Å². The van der Waals surface area contributed by atoms with Crippen molar-refractivity contribution in [2.75, 3.05) is 6.61 Å². The lowest BCUT2D eigenvalue weighted by molar-refractivity contribution is -0.207. The zero-order valence-electron chi connectivity index (χ0n) is 18.6. The highest BCUT2D eigenvalue weighted by Gasteiger charge is 2.27. The minimum Gasteiger partial charge on any atom is -0.353 e. The molecule has 1 heterocycles. The van der Waals surface area contributed by atoms with Crippen molar-refractivity contribution < 1.29 is 9.47 Å². The van der Waals surface area contributed by atoms with Gasteiger partial charge in [0.25, 0.3) is 0 Å². The van der Waals surface area contributed by atoms with Crippen LogP contribution in [0, 0.1) is 0 Å². The monoisotopic (exact) mass is 374 g/mol. The highest BCUT2D eigenvalue weighted by molar-refractivity contribution is 5.08. The normalized spacial score (nSPS) is 20.4. The van der Waals surface area contributed by atoms with E-state index in [-0.39, 0.29) is 11.9 Å². The van der Waals surface area contributed by atoms with Crippen molar-refractivity contribution in [2.24, 2.45) is 0 Å². The lowest BCUT2D eigenvalue weighted by atomic mass is 9.97. The zero-order chi connectivity index (χ0) is 20.1. The molecule has 1 aliphatic heterocycles. The van der Waals surface area contributed by atoms with Crippen molar-refractivity contribution >= 4 is 0 Å². The van der Waals surface area contributed by atoms with Crippen LogP contribution in [-0.4, -0.2) is 18.5 Å². The van der Waals surface area contributed by atoms with Gasteiger partial charge in [0.1, 0.15) is 0 Å². The van der Waals surface area contributed by atoms with Gasteiger partial charge in [0.2, 0.25) is 0 Å². The molecule has 1 aliphatic rings. The average Bonchev–Trinajstić information content (AvgIpc) is 2.59. The zero-order valence-corrected chi connectivity index (χ0v) is 18.6. The second kappa shape index (κ2) is 13.1. The summed E-state index contributed by atoms with van der Waals surface area (Å²) in [5.41, 5.74) is 3.96.